The minimum atomic E-state index is -0.765. The Morgan fingerprint density at radius 3 is 2.50 bits per heavy atom. The molecule has 0 fully saturated rings. The van der Waals surface area contributed by atoms with Crippen LogP contribution in [0.5, 0.6) is 5.88 Å². The Balaban J connectivity index is 2.14. The van der Waals surface area contributed by atoms with Crippen molar-refractivity contribution < 1.29 is 19.1 Å². The molecular formula is C17H19N3O4. The van der Waals surface area contributed by atoms with Gasteiger partial charge in [0, 0.05) is 17.8 Å². The Labute approximate surface area is 140 Å². The van der Waals surface area contributed by atoms with E-state index in [1.54, 1.807) is 26.1 Å². The first-order chi connectivity index (χ1) is 11.4. The third kappa shape index (κ3) is 3.92. The van der Waals surface area contributed by atoms with Gasteiger partial charge in [0.1, 0.15) is 12.3 Å². The van der Waals surface area contributed by atoms with E-state index in [4.69, 9.17) is 9.47 Å². The molecule has 2 aromatic heterocycles. The predicted octanol–water partition coefficient (Wildman–Crippen LogP) is 2.24. The number of methoxy groups -OCH3 is 1. The first kappa shape index (κ1) is 17.5. The molecule has 0 spiro atoms. The fourth-order valence-electron chi connectivity index (χ4n) is 2.00. The third-order valence-corrected chi connectivity index (χ3v) is 3.47. The monoisotopic (exact) mass is 329 g/mol. The van der Waals surface area contributed by atoms with E-state index in [0.29, 0.717) is 17.9 Å². The van der Waals surface area contributed by atoms with Gasteiger partial charge in [-0.15, -0.1) is 0 Å². The molecule has 7 heteroatoms. The minimum absolute atomic E-state index is 0.152. The predicted molar refractivity (Wildman–Crippen MR) is 86.7 cm³/mol. The van der Waals surface area contributed by atoms with E-state index >= 15 is 0 Å². The van der Waals surface area contributed by atoms with Gasteiger partial charge in [0.05, 0.1) is 30.6 Å². The molecular weight excluding hydrogens is 310 g/mol. The van der Waals surface area contributed by atoms with Crippen LogP contribution in [0, 0.1) is 12.3 Å². The van der Waals surface area contributed by atoms with Crippen LogP contribution >= 0.6 is 0 Å². The highest BCUT2D eigenvalue weighted by Gasteiger charge is 2.30. The molecule has 0 aliphatic rings. The number of hydrogen-bond donors (Lipinski definition) is 0. The zero-order valence-electron chi connectivity index (χ0n) is 14.1. The number of carbonyl (C=O) groups excluding carboxylic acids is 2. The van der Waals surface area contributed by atoms with Crippen molar-refractivity contribution in [2.75, 3.05) is 13.7 Å². The zero-order valence-corrected chi connectivity index (χ0v) is 14.1. The molecule has 0 bridgehead atoms. The van der Waals surface area contributed by atoms with Crippen LogP contribution in [0.1, 0.15) is 29.9 Å². The Morgan fingerprint density at radius 1 is 1.21 bits per heavy atom. The van der Waals surface area contributed by atoms with Gasteiger partial charge in [0.15, 0.2) is 6.29 Å². The average Bonchev–Trinajstić information content (AvgIpc) is 2.59. The summed E-state index contributed by atoms with van der Waals surface area (Å²) in [6.45, 7) is 5.53. The van der Waals surface area contributed by atoms with Crippen LogP contribution < -0.4 is 4.74 Å². The van der Waals surface area contributed by atoms with E-state index in [-0.39, 0.29) is 18.3 Å². The molecule has 0 atom stereocenters. The number of esters is 1. The molecule has 0 aromatic carbocycles. The Bertz CT molecular complexity index is 742. The van der Waals surface area contributed by atoms with E-state index < -0.39 is 5.41 Å². The number of carbonyl (C=O) groups is 2. The molecule has 2 aromatic rings. The average molecular weight is 329 g/mol. The van der Waals surface area contributed by atoms with Crippen molar-refractivity contribution >= 4 is 12.3 Å². The summed E-state index contributed by atoms with van der Waals surface area (Å²) in [5.41, 5.74) is 1.81. The molecule has 0 radical (unpaired) electrons. The van der Waals surface area contributed by atoms with Gasteiger partial charge in [0.25, 0.3) is 0 Å². The second-order valence-corrected chi connectivity index (χ2v) is 5.95. The second kappa shape index (κ2) is 7.16. The number of aldehydes is 1. The van der Waals surface area contributed by atoms with Gasteiger partial charge in [-0.25, -0.2) is 9.97 Å². The summed E-state index contributed by atoms with van der Waals surface area (Å²) in [5, 5.41) is 0. The Kier molecular flexibility index (Phi) is 5.23. The summed E-state index contributed by atoms with van der Waals surface area (Å²) in [4.78, 5) is 34.7. The molecule has 0 N–H and O–H groups in total. The number of aryl methyl sites for hydroxylation is 1. The normalized spacial score (nSPS) is 11.0. The summed E-state index contributed by atoms with van der Waals surface area (Å²) in [7, 11) is 1.35. The molecule has 0 unspecified atom stereocenters. The van der Waals surface area contributed by atoms with Gasteiger partial charge < -0.3 is 9.47 Å². The van der Waals surface area contributed by atoms with Crippen molar-refractivity contribution in [1.29, 1.82) is 0 Å². The molecule has 0 aliphatic carbocycles. The fraction of sp³-hybridized carbons (Fsp3) is 0.353. The molecule has 0 saturated heterocycles. The lowest BCUT2D eigenvalue weighted by atomic mass is 9.95. The topological polar surface area (TPSA) is 91.3 Å². The minimum Gasteiger partial charge on any atom is -0.476 e. The maximum Gasteiger partial charge on any atom is 0.314 e. The molecule has 2 rings (SSSR count). The molecule has 24 heavy (non-hydrogen) atoms. The smallest absolute Gasteiger partial charge is 0.314 e. The van der Waals surface area contributed by atoms with Gasteiger partial charge in [-0.3, -0.25) is 14.6 Å². The summed E-state index contributed by atoms with van der Waals surface area (Å²) >= 11 is 0. The van der Waals surface area contributed by atoms with E-state index in [0.717, 1.165) is 11.1 Å². The van der Waals surface area contributed by atoms with Gasteiger partial charge in [-0.05, 0) is 26.3 Å². The molecule has 126 valence electrons. The number of hydrogen-bond acceptors (Lipinski definition) is 7. The molecule has 7 nitrogen and oxygen atoms in total. The van der Waals surface area contributed by atoms with Crippen LogP contribution in [-0.2, 0) is 9.53 Å². The summed E-state index contributed by atoms with van der Waals surface area (Å²) < 4.78 is 10.4. The summed E-state index contributed by atoms with van der Waals surface area (Å²) in [6, 6.07) is 1.76. The van der Waals surface area contributed by atoms with Crippen molar-refractivity contribution in [2.45, 2.75) is 20.8 Å². The van der Waals surface area contributed by atoms with Crippen LogP contribution in [0.15, 0.2) is 24.7 Å². The van der Waals surface area contributed by atoms with Gasteiger partial charge in [-0.1, -0.05) is 0 Å². The quantitative estimate of drug-likeness (QED) is 0.593. The van der Waals surface area contributed by atoms with Crippen molar-refractivity contribution in [2.24, 2.45) is 5.41 Å². The SMILES string of the molecule is COC(=O)C(C)(C)COc1cc(C)c(-c2cnc(C=O)cn2)cn1. The largest absolute Gasteiger partial charge is 0.476 e. The first-order valence-electron chi connectivity index (χ1n) is 7.33. The Hall–Kier alpha value is -2.83. The van der Waals surface area contributed by atoms with Crippen LogP contribution in [-0.4, -0.2) is 40.9 Å². The molecule has 0 saturated carbocycles. The first-order valence-corrected chi connectivity index (χ1v) is 7.33. The van der Waals surface area contributed by atoms with Crippen LogP contribution in [0.4, 0.5) is 0 Å². The van der Waals surface area contributed by atoms with Crippen molar-refractivity contribution in [1.82, 2.24) is 15.0 Å². The highest BCUT2D eigenvalue weighted by molar-refractivity contribution is 5.76. The lowest BCUT2D eigenvalue weighted by molar-refractivity contribution is -0.152. The molecule has 0 amide bonds. The molecule has 2 heterocycles. The highest BCUT2D eigenvalue weighted by Crippen LogP contribution is 2.24. The lowest BCUT2D eigenvalue weighted by Gasteiger charge is -2.21. The molecule has 0 aliphatic heterocycles. The number of ether oxygens (including phenoxy) is 2. The standard InChI is InChI=1S/C17H19N3O4/c1-11-5-15(24-10-17(2,3)16(22)23-4)20-7-13(11)14-8-18-12(9-21)6-19-14/h5-9H,10H2,1-4H3. The highest BCUT2D eigenvalue weighted by atomic mass is 16.5. The fourth-order valence-corrected chi connectivity index (χ4v) is 2.00. The number of aromatic nitrogens is 3. The maximum absolute atomic E-state index is 11.7. The van der Waals surface area contributed by atoms with Gasteiger partial charge >= 0.3 is 5.97 Å². The van der Waals surface area contributed by atoms with Crippen molar-refractivity contribution in [3.63, 3.8) is 0 Å². The zero-order chi connectivity index (χ0) is 17.7. The van der Waals surface area contributed by atoms with Crippen molar-refractivity contribution in [3.8, 4) is 17.1 Å². The Morgan fingerprint density at radius 2 is 1.96 bits per heavy atom. The van der Waals surface area contributed by atoms with Gasteiger partial charge in [-0.2, -0.15) is 0 Å². The third-order valence-electron chi connectivity index (χ3n) is 3.47. The van der Waals surface area contributed by atoms with Crippen LogP contribution in [0.25, 0.3) is 11.3 Å². The number of pyridine rings is 1. The summed E-state index contributed by atoms with van der Waals surface area (Å²) in [5.74, 6) is 0.0621. The van der Waals surface area contributed by atoms with E-state index in [1.807, 2.05) is 6.92 Å². The van der Waals surface area contributed by atoms with E-state index in [1.165, 1.54) is 19.5 Å². The second-order valence-electron chi connectivity index (χ2n) is 5.95. The van der Waals surface area contributed by atoms with E-state index in [2.05, 4.69) is 15.0 Å². The maximum atomic E-state index is 11.7. The van der Waals surface area contributed by atoms with Crippen molar-refractivity contribution in [3.05, 3.63) is 35.9 Å². The lowest BCUT2D eigenvalue weighted by Crippen LogP contribution is -2.32. The van der Waals surface area contributed by atoms with Crippen LogP contribution in [0.2, 0.25) is 0 Å². The number of rotatable bonds is 6. The van der Waals surface area contributed by atoms with E-state index in [9.17, 15) is 9.59 Å². The van der Waals surface area contributed by atoms with Crippen LogP contribution in [0.3, 0.4) is 0 Å². The van der Waals surface area contributed by atoms with Gasteiger partial charge in [0.2, 0.25) is 5.88 Å². The number of nitrogens with zero attached hydrogens (tertiary/aromatic N) is 3. The summed E-state index contributed by atoms with van der Waals surface area (Å²) in [6.07, 6.45) is 5.20.